The maximum atomic E-state index is 11.7. The van der Waals surface area contributed by atoms with Gasteiger partial charge < -0.3 is 28.1 Å². The van der Waals surface area contributed by atoms with Gasteiger partial charge in [0.05, 0.1) is 0 Å². The Kier molecular flexibility index (Phi) is 8.58. The third kappa shape index (κ3) is 7.95. The van der Waals surface area contributed by atoms with Gasteiger partial charge in [0, 0.05) is 27.7 Å². The Labute approximate surface area is 164 Å². The molecule has 11 heteroatoms. The molecule has 1 aliphatic rings. The Balaban J connectivity index is 3.33. The molecule has 1 saturated heterocycles. The molecule has 0 aromatic carbocycles. The Morgan fingerprint density at radius 3 is 1.64 bits per heavy atom. The molecule has 0 saturated carbocycles. The molecule has 1 aliphatic heterocycles. The zero-order valence-electron chi connectivity index (χ0n) is 17.2. The van der Waals surface area contributed by atoms with Crippen LogP contribution in [-0.2, 0) is 47.3 Å². The van der Waals surface area contributed by atoms with Crippen molar-refractivity contribution in [2.45, 2.75) is 78.0 Å². The van der Waals surface area contributed by atoms with E-state index in [1.165, 1.54) is 27.7 Å². The van der Waals surface area contributed by atoms with Crippen molar-refractivity contribution in [2.24, 2.45) is 0 Å². The lowest BCUT2D eigenvalue weighted by Crippen LogP contribution is -2.64. The molecule has 1 rings (SSSR count). The van der Waals surface area contributed by atoms with Gasteiger partial charge in [-0.25, -0.2) is 0 Å². The van der Waals surface area contributed by atoms with E-state index in [0.29, 0.717) is 0 Å². The molecule has 1 heterocycles. The van der Waals surface area contributed by atoms with Crippen molar-refractivity contribution in [3.05, 3.63) is 0 Å². The topological polar surface area (TPSA) is 124 Å². The van der Waals surface area contributed by atoms with E-state index in [9.17, 15) is 19.2 Å². The second-order valence-corrected chi connectivity index (χ2v) is 11.8. The largest absolute Gasteiger partial charge is 0.463 e. The number of rotatable bonds is 7. The molecule has 0 N–H and O–H groups in total. The number of carbonyl (C=O) groups is 4. The number of ether oxygens (including phenoxy) is 5. The van der Waals surface area contributed by atoms with Gasteiger partial charge in [-0.05, 0) is 19.6 Å². The van der Waals surface area contributed by atoms with Crippen LogP contribution in [0.25, 0.3) is 0 Å². The number of hydrogen-bond acceptors (Lipinski definition) is 10. The summed E-state index contributed by atoms with van der Waals surface area (Å²) in [5.41, 5.74) is 0. The molecule has 0 radical (unpaired) electrons. The van der Waals surface area contributed by atoms with E-state index in [2.05, 4.69) is 0 Å². The molecule has 0 amide bonds. The van der Waals surface area contributed by atoms with Gasteiger partial charge in [0.25, 0.3) is 0 Å². The fraction of sp³-hybridized carbons (Fsp3) is 0.765. The van der Waals surface area contributed by atoms with E-state index in [0.717, 1.165) is 0 Å². The Morgan fingerprint density at radius 1 is 0.750 bits per heavy atom. The number of carbonyl (C=O) groups excluding carboxylic acids is 4. The normalized spacial score (nSPS) is 27.5. The van der Waals surface area contributed by atoms with Gasteiger partial charge in [0.15, 0.2) is 32.9 Å². The lowest BCUT2D eigenvalue weighted by Gasteiger charge is -2.45. The minimum absolute atomic E-state index is 0.274. The first-order chi connectivity index (χ1) is 12.8. The minimum Gasteiger partial charge on any atom is -0.463 e. The Bertz CT molecular complexity index is 599. The van der Waals surface area contributed by atoms with Crippen molar-refractivity contribution >= 4 is 32.2 Å². The zero-order valence-corrected chi connectivity index (χ0v) is 18.2. The van der Waals surface area contributed by atoms with Crippen LogP contribution < -0.4 is 0 Å². The van der Waals surface area contributed by atoms with Crippen molar-refractivity contribution in [1.82, 2.24) is 0 Å². The summed E-state index contributed by atoms with van der Waals surface area (Å²) in [5.74, 6) is -2.59. The average Bonchev–Trinajstić information content (AvgIpc) is 2.48. The van der Waals surface area contributed by atoms with Crippen molar-refractivity contribution in [2.75, 3.05) is 6.61 Å². The molecule has 0 spiro atoms. The summed E-state index contributed by atoms with van der Waals surface area (Å²) >= 11 is 0. The summed E-state index contributed by atoms with van der Waals surface area (Å²) in [6, 6.07) is 0. The molecule has 5 atom stereocenters. The summed E-state index contributed by atoms with van der Waals surface area (Å²) < 4.78 is 32.7. The van der Waals surface area contributed by atoms with Crippen LogP contribution in [0.5, 0.6) is 0 Å². The van der Waals surface area contributed by atoms with Crippen LogP contribution in [0.4, 0.5) is 0 Å². The van der Waals surface area contributed by atoms with Gasteiger partial charge >= 0.3 is 23.9 Å². The number of hydrogen-bond donors (Lipinski definition) is 0. The van der Waals surface area contributed by atoms with Crippen molar-refractivity contribution in [1.29, 1.82) is 0 Å². The van der Waals surface area contributed by atoms with E-state index in [1.807, 2.05) is 19.6 Å². The predicted octanol–water partition coefficient (Wildman–Crippen LogP) is 0.921. The maximum Gasteiger partial charge on any atom is 0.303 e. The molecule has 10 nitrogen and oxygen atoms in total. The minimum atomic E-state index is -2.21. The molecule has 160 valence electrons. The lowest BCUT2D eigenvalue weighted by molar-refractivity contribution is -0.290. The molecule has 0 aromatic rings. The highest BCUT2D eigenvalue weighted by atomic mass is 28.4. The molecule has 0 bridgehead atoms. The summed E-state index contributed by atoms with van der Waals surface area (Å²) in [7, 11) is -2.21. The predicted molar refractivity (Wildman–Crippen MR) is 96.4 cm³/mol. The van der Waals surface area contributed by atoms with Crippen LogP contribution in [0.2, 0.25) is 19.6 Å². The second-order valence-electron chi connectivity index (χ2n) is 7.30. The van der Waals surface area contributed by atoms with Crippen LogP contribution in [0.3, 0.4) is 0 Å². The van der Waals surface area contributed by atoms with E-state index >= 15 is 0 Å². The molecule has 28 heavy (non-hydrogen) atoms. The second kappa shape index (κ2) is 9.98. The quantitative estimate of drug-likeness (QED) is 0.333. The van der Waals surface area contributed by atoms with Crippen molar-refractivity contribution < 1.29 is 47.3 Å². The molecular formula is C17H28O10Si. The molecule has 0 aliphatic carbocycles. The van der Waals surface area contributed by atoms with E-state index in [4.69, 9.17) is 28.1 Å². The summed E-state index contributed by atoms with van der Waals surface area (Å²) in [6.45, 7) is 10.1. The smallest absolute Gasteiger partial charge is 0.303 e. The van der Waals surface area contributed by atoms with Gasteiger partial charge in [-0.3, -0.25) is 19.2 Å². The highest BCUT2D eigenvalue weighted by Crippen LogP contribution is 2.31. The molecule has 1 unspecified atom stereocenters. The van der Waals surface area contributed by atoms with Gasteiger partial charge in [0.1, 0.15) is 12.7 Å². The third-order valence-electron chi connectivity index (χ3n) is 3.42. The van der Waals surface area contributed by atoms with Gasteiger partial charge in [-0.1, -0.05) is 0 Å². The summed E-state index contributed by atoms with van der Waals surface area (Å²) in [4.78, 5) is 46.2. The SMILES string of the molecule is CC(=O)OC[C@H]1OC(O[Si](C)(C)C)[C@H](OC(C)=O)[C@@H](OC(C)=O)[C@@H]1OC(C)=O. The maximum absolute atomic E-state index is 11.7. The number of esters is 4. The zero-order chi connectivity index (χ0) is 21.6. The average molecular weight is 420 g/mol. The fourth-order valence-corrected chi connectivity index (χ4v) is 3.52. The molecule has 1 fully saturated rings. The van der Waals surface area contributed by atoms with E-state index < -0.39 is 62.9 Å². The first-order valence-corrected chi connectivity index (χ1v) is 12.2. The first kappa shape index (κ1) is 24.1. The van der Waals surface area contributed by atoms with Gasteiger partial charge in [0.2, 0.25) is 0 Å². The van der Waals surface area contributed by atoms with Crippen molar-refractivity contribution in [3.63, 3.8) is 0 Å². The Hall–Kier alpha value is -1.98. The first-order valence-electron chi connectivity index (χ1n) is 8.78. The van der Waals surface area contributed by atoms with E-state index in [1.54, 1.807) is 0 Å². The Morgan fingerprint density at radius 2 is 1.21 bits per heavy atom. The molecule has 0 aromatic heterocycles. The standard InChI is InChI=1S/C17H28O10Si/c1-9(18)22-8-13-14(23-10(2)19)15(24-11(3)20)16(25-12(4)21)17(26-13)27-28(5,6)7/h13-17H,8H2,1-7H3/t13-,14-,15+,16-,17?/m1/s1. The highest BCUT2D eigenvalue weighted by Gasteiger charge is 2.53. The molecular weight excluding hydrogens is 392 g/mol. The fourth-order valence-electron chi connectivity index (χ4n) is 2.63. The summed E-state index contributed by atoms with van der Waals surface area (Å²) in [5, 5.41) is 0. The summed E-state index contributed by atoms with van der Waals surface area (Å²) in [6.07, 6.45) is -5.66. The van der Waals surface area contributed by atoms with Crippen LogP contribution in [0, 0.1) is 0 Å². The van der Waals surface area contributed by atoms with Crippen LogP contribution >= 0.6 is 0 Å². The van der Waals surface area contributed by atoms with Crippen molar-refractivity contribution in [3.8, 4) is 0 Å². The van der Waals surface area contributed by atoms with Crippen LogP contribution in [-0.4, -0.2) is 69.5 Å². The highest BCUT2D eigenvalue weighted by molar-refractivity contribution is 6.69. The van der Waals surface area contributed by atoms with Gasteiger partial charge in [-0.15, -0.1) is 0 Å². The van der Waals surface area contributed by atoms with Gasteiger partial charge in [-0.2, -0.15) is 0 Å². The lowest BCUT2D eigenvalue weighted by atomic mass is 9.98. The van der Waals surface area contributed by atoms with E-state index in [-0.39, 0.29) is 6.61 Å². The monoisotopic (exact) mass is 420 g/mol. The van der Waals surface area contributed by atoms with Crippen LogP contribution in [0.15, 0.2) is 0 Å². The van der Waals surface area contributed by atoms with Crippen LogP contribution in [0.1, 0.15) is 27.7 Å². The third-order valence-corrected chi connectivity index (χ3v) is 4.36.